The van der Waals surface area contributed by atoms with Crippen LogP contribution in [-0.4, -0.2) is 16.7 Å². The van der Waals surface area contributed by atoms with Crippen molar-refractivity contribution in [1.82, 2.24) is 9.55 Å². The molecule has 0 spiro atoms. The summed E-state index contributed by atoms with van der Waals surface area (Å²) in [5, 5.41) is 0. The minimum Gasteiger partial charge on any atom is -0.375 e. The molecule has 1 aromatic rings. The monoisotopic (exact) mass is 154 g/mol. The van der Waals surface area contributed by atoms with Gasteiger partial charge in [0.15, 0.2) is 0 Å². The maximum absolute atomic E-state index is 5.17. The van der Waals surface area contributed by atoms with Gasteiger partial charge in [-0.05, 0) is 13.8 Å². The van der Waals surface area contributed by atoms with Crippen LogP contribution in [0.1, 0.15) is 24.5 Å². The number of nitrogens with zero attached hydrogens (tertiary/aromatic N) is 2. The smallest absolute Gasteiger partial charge is 0.105 e. The quantitative estimate of drug-likeness (QED) is 0.644. The summed E-state index contributed by atoms with van der Waals surface area (Å²) in [7, 11) is 3.69. The van der Waals surface area contributed by atoms with E-state index < -0.39 is 0 Å². The molecule has 0 fully saturated rings. The van der Waals surface area contributed by atoms with E-state index in [1.807, 2.05) is 31.7 Å². The normalized spacial score (nSPS) is 13.5. The zero-order valence-electron chi connectivity index (χ0n) is 7.46. The minimum absolute atomic E-state index is 0.126. The molecule has 11 heavy (non-hydrogen) atoms. The van der Waals surface area contributed by atoms with Crippen LogP contribution in [0.3, 0.4) is 0 Å². The van der Waals surface area contributed by atoms with Crippen LogP contribution in [-0.2, 0) is 11.8 Å². The van der Waals surface area contributed by atoms with Crippen molar-refractivity contribution >= 4 is 0 Å². The number of ether oxygens (including phenoxy) is 1. The van der Waals surface area contributed by atoms with Crippen molar-refractivity contribution in [2.45, 2.75) is 20.0 Å². The second kappa shape index (κ2) is 3.05. The number of aryl methyl sites for hydroxylation is 1. The van der Waals surface area contributed by atoms with Crippen LogP contribution >= 0.6 is 0 Å². The van der Waals surface area contributed by atoms with Gasteiger partial charge in [0.05, 0.1) is 18.0 Å². The zero-order valence-corrected chi connectivity index (χ0v) is 7.46. The van der Waals surface area contributed by atoms with Crippen molar-refractivity contribution in [3.8, 4) is 0 Å². The highest BCUT2D eigenvalue weighted by molar-refractivity contribution is 5.06. The molecule has 3 heteroatoms. The molecule has 0 saturated heterocycles. The third kappa shape index (κ3) is 1.43. The van der Waals surface area contributed by atoms with Gasteiger partial charge in [0.2, 0.25) is 0 Å². The molecule has 0 amide bonds. The summed E-state index contributed by atoms with van der Waals surface area (Å²) in [4.78, 5) is 4.17. The first kappa shape index (κ1) is 8.27. The Kier molecular flexibility index (Phi) is 2.29. The van der Waals surface area contributed by atoms with Gasteiger partial charge in [-0.25, -0.2) is 4.98 Å². The fourth-order valence-corrected chi connectivity index (χ4v) is 1.02. The van der Waals surface area contributed by atoms with E-state index in [0.29, 0.717) is 0 Å². The van der Waals surface area contributed by atoms with E-state index in [4.69, 9.17) is 4.74 Å². The van der Waals surface area contributed by atoms with Crippen molar-refractivity contribution < 1.29 is 4.74 Å². The molecule has 1 rings (SSSR count). The van der Waals surface area contributed by atoms with Crippen molar-refractivity contribution in [2.75, 3.05) is 7.11 Å². The first-order valence-corrected chi connectivity index (χ1v) is 3.67. The van der Waals surface area contributed by atoms with Crippen molar-refractivity contribution in [3.05, 3.63) is 17.7 Å². The van der Waals surface area contributed by atoms with Crippen LogP contribution in [0, 0.1) is 6.92 Å². The van der Waals surface area contributed by atoms with E-state index in [1.54, 1.807) is 7.11 Å². The van der Waals surface area contributed by atoms with Gasteiger partial charge >= 0.3 is 0 Å². The fraction of sp³-hybridized carbons (Fsp3) is 0.625. The molecule has 0 aliphatic carbocycles. The highest BCUT2D eigenvalue weighted by Crippen LogP contribution is 2.15. The van der Waals surface area contributed by atoms with Crippen molar-refractivity contribution in [1.29, 1.82) is 0 Å². The molecule has 1 atom stereocenters. The van der Waals surface area contributed by atoms with E-state index in [0.717, 1.165) is 11.5 Å². The third-order valence-corrected chi connectivity index (χ3v) is 2.03. The Morgan fingerprint density at radius 3 is 2.64 bits per heavy atom. The number of hydrogen-bond donors (Lipinski definition) is 0. The van der Waals surface area contributed by atoms with Crippen molar-refractivity contribution in [2.24, 2.45) is 7.05 Å². The standard InChI is InChI=1S/C8H14N2O/c1-6(11-4)8-5-9-7(2)10(8)3/h5-6H,1-4H3. The fourth-order valence-electron chi connectivity index (χ4n) is 1.02. The molecular weight excluding hydrogens is 140 g/mol. The summed E-state index contributed by atoms with van der Waals surface area (Å²) in [5.41, 5.74) is 1.12. The highest BCUT2D eigenvalue weighted by atomic mass is 16.5. The average Bonchev–Trinajstić information content (AvgIpc) is 2.32. The zero-order chi connectivity index (χ0) is 8.43. The molecule has 0 aliphatic heterocycles. The number of hydrogen-bond acceptors (Lipinski definition) is 2. The number of rotatable bonds is 2. The lowest BCUT2D eigenvalue weighted by Crippen LogP contribution is -2.03. The van der Waals surface area contributed by atoms with Gasteiger partial charge < -0.3 is 9.30 Å². The number of aromatic nitrogens is 2. The summed E-state index contributed by atoms with van der Waals surface area (Å²) >= 11 is 0. The molecule has 0 N–H and O–H groups in total. The Balaban J connectivity index is 2.94. The molecule has 0 saturated carbocycles. The Morgan fingerprint density at radius 2 is 2.27 bits per heavy atom. The summed E-state index contributed by atoms with van der Waals surface area (Å²) in [6.45, 7) is 3.99. The second-order valence-electron chi connectivity index (χ2n) is 2.67. The van der Waals surface area contributed by atoms with Crippen molar-refractivity contribution in [3.63, 3.8) is 0 Å². The Bertz CT molecular complexity index is 242. The van der Waals surface area contributed by atoms with Crippen LogP contribution in [0.4, 0.5) is 0 Å². The minimum atomic E-state index is 0.126. The van der Waals surface area contributed by atoms with Gasteiger partial charge in [-0.15, -0.1) is 0 Å². The predicted molar refractivity (Wildman–Crippen MR) is 43.4 cm³/mol. The molecule has 3 nitrogen and oxygen atoms in total. The largest absolute Gasteiger partial charge is 0.375 e. The molecule has 1 heterocycles. The Labute approximate surface area is 67.0 Å². The molecule has 0 bridgehead atoms. The lowest BCUT2D eigenvalue weighted by atomic mass is 10.3. The van der Waals surface area contributed by atoms with Crippen LogP contribution in [0.5, 0.6) is 0 Å². The van der Waals surface area contributed by atoms with Crippen LogP contribution in [0.2, 0.25) is 0 Å². The molecular formula is C8H14N2O. The average molecular weight is 154 g/mol. The van der Waals surface area contributed by atoms with E-state index in [-0.39, 0.29) is 6.10 Å². The summed E-state index contributed by atoms with van der Waals surface area (Å²) < 4.78 is 7.21. The van der Waals surface area contributed by atoms with Gasteiger partial charge in [-0.1, -0.05) is 0 Å². The topological polar surface area (TPSA) is 27.1 Å². The first-order chi connectivity index (χ1) is 5.16. The van der Waals surface area contributed by atoms with Gasteiger partial charge in [0.25, 0.3) is 0 Å². The second-order valence-corrected chi connectivity index (χ2v) is 2.67. The van der Waals surface area contributed by atoms with Crippen LogP contribution in [0.15, 0.2) is 6.20 Å². The van der Waals surface area contributed by atoms with Gasteiger partial charge in [-0.2, -0.15) is 0 Å². The maximum Gasteiger partial charge on any atom is 0.105 e. The molecule has 1 aromatic heterocycles. The third-order valence-electron chi connectivity index (χ3n) is 2.03. The maximum atomic E-state index is 5.17. The lowest BCUT2D eigenvalue weighted by Gasteiger charge is -2.09. The molecule has 62 valence electrons. The molecule has 0 aromatic carbocycles. The molecule has 1 unspecified atom stereocenters. The van der Waals surface area contributed by atoms with Crippen LogP contribution < -0.4 is 0 Å². The summed E-state index contributed by atoms with van der Waals surface area (Å²) in [6.07, 6.45) is 1.98. The van der Waals surface area contributed by atoms with Crippen LogP contribution in [0.25, 0.3) is 0 Å². The lowest BCUT2D eigenvalue weighted by molar-refractivity contribution is 0.113. The van der Waals surface area contributed by atoms with Gasteiger partial charge in [0, 0.05) is 14.2 Å². The van der Waals surface area contributed by atoms with E-state index in [9.17, 15) is 0 Å². The predicted octanol–water partition coefficient (Wildman–Crippen LogP) is 1.44. The Hall–Kier alpha value is -0.830. The van der Waals surface area contributed by atoms with Gasteiger partial charge in [0.1, 0.15) is 5.82 Å². The van der Waals surface area contributed by atoms with E-state index in [2.05, 4.69) is 4.98 Å². The van der Waals surface area contributed by atoms with E-state index in [1.165, 1.54) is 0 Å². The molecule has 0 aliphatic rings. The number of imidazole rings is 1. The van der Waals surface area contributed by atoms with Gasteiger partial charge in [-0.3, -0.25) is 0 Å². The first-order valence-electron chi connectivity index (χ1n) is 3.67. The number of methoxy groups -OCH3 is 1. The van der Waals surface area contributed by atoms with E-state index >= 15 is 0 Å². The summed E-state index contributed by atoms with van der Waals surface area (Å²) in [5.74, 6) is 1.02. The highest BCUT2D eigenvalue weighted by Gasteiger charge is 2.08. The Morgan fingerprint density at radius 1 is 1.64 bits per heavy atom. The molecule has 0 radical (unpaired) electrons. The summed E-state index contributed by atoms with van der Waals surface area (Å²) in [6, 6.07) is 0. The SMILES string of the molecule is COC(C)c1cnc(C)n1C.